The van der Waals surface area contributed by atoms with Crippen molar-refractivity contribution in [3.8, 4) is 0 Å². The summed E-state index contributed by atoms with van der Waals surface area (Å²) in [6, 6.07) is 12.0. The maximum atomic E-state index is 12.7. The van der Waals surface area contributed by atoms with Crippen molar-refractivity contribution < 1.29 is 0 Å². The topological polar surface area (TPSA) is 34.4 Å². The maximum Gasteiger partial charge on any atom is 0.272 e. The molecule has 4 heteroatoms. The van der Waals surface area contributed by atoms with Crippen LogP contribution in [0.25, 0.3) is 5.65 Å². The Morgan fingerprint density at radius 1 is 1.05 bits per heavy atom. The molecule has 3 aromatic rings. The van der Waals surface area contributed by atoms with Crippen LogP contribution >= 0.6 is 11.8 Å². The van der Waals surface area contributed by atoms with Crippen LogP contribution in [-0.2, 0) is 0 Å². The molecule has 0 saturated carbocycles. The van der Waals surface area contributed by atoms with Crippen LogP contribution in [0, 0.1) is 20.8 Å². The average Bonchev–Trinajstić information content (AvgIpc) is 2.47. The van der Waals surface area contributed by atoms with Crippen molar-refractivity contribution in [2.45, 2.75) is 30.6 Å². The molecule has 0 aliphatic rings. The summed E-state index contributed by atoms with van der Waals surface area (Å²) in [5, 5.41) is 0. The number of nitrogens with zero attached hydrogens (tertiary/aromatic N) is 2. The molecule has 2 heterocycles. The lowest BCUT2D eigenvalue weighted by molar-refractivity contribution is 0.940. The standard InChI is InChI=1S/C17H16N2OS/c1-11-6-8-14(9-7-11)21-15-13(3)18-16-12(2)5-4-10-19(16)17(15)20/h4-10H,1-3H3. The van der Waals surface area contributed by atoms with Crippen LogP contribution in [0.2, 0.25) is 0 Å². The molecule has 0 unspecified atom stereocenters. The monoisotopic (exact) mass is 296 g/mol. The zero-order valence-electron chi connectivity index (χ0n) is 12.3. The van der Waals surface area contributed by atoms with Gasteiger partial charge in [0, 0.05) is 11.1 Å². The predicted molar refractivity (Wildman–Crippen MR) is 86.2 cm³/mol. The van der Waals surface area contributed by atoms with Gasteiger partial charge in [0.15, 0.2) is 0 Å². The first-order chi connectivity index (χ1) is 10.1. The minimum Gasteiger partial charge on any atom is -0.268 e. The molecule has 0 amide bonds. The molecule has 0 aliphatic carbocycles. The summed E-state index contributed by atoms with van der Waals surface area (Å²) in [4.78, 5) is 19.0. The van der Waals surface area contributed by atoms with Gasteiger partial charge in [0.05, 0.1) is 10.6 Å². The molecule has 3 nitrogen and oxygen atoms in total. The van der Waals surface area contributed by atoms with Crippen LogP contribution < -0.4 is 5.56 Å². The summed E-state index contributed by atoms with van der Waals surface area (Å²) in [5.41, 5.74) is 3.71. The van der Waals surface area contributed by atoms with Gasteiger partial charge < -0.3 is 0 Å². The Morgan fingerprint density at radius 2 is 1.76 bits per heavy atom. The van der Waals surface area contributed by atoms with E-state index in [9.17, 15) is 4.79 Å². The van der Waals surface area contributed by atoms with Gasteiger partial charge in [0.25, 0.3) is 5.56 Å². The molecule has 1 aromatic carbocycles. The van der Waals surface area contributed by atoms with Gasteiger partial charge >= 0.3 is 0 Å². The van der Waals surface area contributed by atoms with Crippen LogP contribution in [-0.4, -0.2) is 9.38 Å². The third-order valence-corrected chi connectivity index (χ3v) is 4.60. The molecule has 0 atom stereocenters. The zero-order valence-corrected chi connectivity index (χ0v) is 13.1. The summed E-state index contributed by atoms with van der Waals surface area (Å²) >= 11 is 1.47. The summed E-state index contributed by atoms with van der Waals surface area (Å²) in [5.74, 6) is 0. The van der Waals surface area contributed by atoms with Gasteiger partial charge in [-0.3, -0.25) is 9.20 Å². The van der Waals surface area contributed by atoms with E-state index in [2.05, 4.69) is 11.9 Å². The Morgan fingerprint density at radius 3 is 2.48 bits per heavy atom. The van der Waals surface area contributed by atoms with E-state index in [0.29, 0.717) is 4.90 Å². The molecular weight excluding hydrogens is 280 g/mol. The summed E-state index contributed by atoms with van der Waals surface area (Å²) < 4.78 is 1.62. The minimum absolute atomic E-state index is 0.00762. The van der Waals surface area contributed by atoms with Gasteiger partial charge in [0.2, 0.25) is 0 Å². The van der Waals surface area contributed by atoms with Crippen molar-refractivity contribution in [3.05, 3.63) is 69.8 Å². The van der Waals surface area contributed by atoms with Crippen molar-refractivity contribution in [3.63, 3.8) is 0 Å². The summed E-state index contributed by atoms with van der Waals surface area (Å²) in [7, 11) is 0. The molecular formula is C17H16N2OS. The van der Waals surface area contributed by atoms with E-state index >= 15 is 0 Å². The van der Waals surface area contributed by atoms with Gasteiger partial charge in [-0.1, -0.05) is 35.5 Å². The molecule has 0 N–H and O–H groups in total. The van der Waals surface area contributed by atoms with E-state index in [0.717, 1.165) is 21.8 Å². The van der Waals surface area contributed by atoms with Crippen molar-refractivity contribution in [2.75, 3.05) is 0 Å². The fourth-order valence-corrected chi connectivity index (χ4v) is 3.12. The largest absolute Gasteiger partial charge is 0.272 e. The highest BCUT2D eigenvalue weighted by atomic mass is 32.2. The summed E-state index contributed by atoms with van der Waals surface area (Å²) in [6.45, 7) is 5.91. The van der Waals surface area contributed by atoms with Crippen LogP contribution in [0.15, 0.2) is 57.2 Å². The molecule has 0 fully saturated rings. The average molecular weight is 296 g/mol. The van der Waals surface area contributed by atoms with Crippen LogP contribution in [0.3, 0.4) is 0 Å². The van der Waals surface area contributed by atoms with E-state index in [-0.39, 0.29) is 5.56 Å². The minimum atomic E-state index is -0.00762. The predicted octanol–water partition coefficient (Wildman–Crippen LogP) is 3.77. The van der Waals surface area contributed by atoms with Gasteiger partial charge in [-0.2, -0.15) is 0 Å². The van der Waals surface area contributed by atoms with E-state index < -0.39 is 0 Å². The van der Waals surface area contributed by atoms with E-state index in [4.69, 9.17) is 0 Å². The third-order valence-electron chi connectivity index (χ3n) is 3.42. The Labute approximate surface area is 127 Å². The molecule has 0 spiro atoms. The number of rotatable bonds is 2. The smallest absolute Gasteiger partial charge is 0.268 e. The van der Waals surface area contributed by atoms with E-state index in [1.54, 1.807) is 10.6 Å². The molecule has 0 radical (unpaired) electrons. The second kappa shape index (κ2) is 5.37. The first-order valence-corrected chi connectivity index (χ1v) is 7.61. The number of pyridine rings is 1. The van der Waals surface area contributed by atoms with Crippen LogP contribution in [0.4, 0.5) is 0 Å². The van der Waals surface area contributed by atoms with Gasteiger partial charge in [-0.05, 0) is 44.5 Å². The Bertz CT molecular complexity index is 866. The maximum absolute atomic E-state index is 12.7. The van der Waals surface area contributed by atoms with Crippen molar-refractivity contribution in [1.82, 2.24) is 9.38 Å². The van der Waals surface area contributed by atoms with Gasteiger partial charge in [-0.15, -0.1) is 0 Å². The SMILES string of the molecule is Cc1ccc(Sc2c(C)nc3c(C)cccn3c2=O)cc1. The van der Waals surface area contributed by atoms with Gasteiger partial charge in [-0.25, -0.2) is 4.98 Å². The number of hydrogen-bond acceptors (Lipinski definition) is 3. The quantitative estimate of drug-likeness (QED) is 0.722. The first kappa shape index (κ1) is 13.9. The molecule has 3 rings (SSSR count). The normalized spacial score (nSPS) is 11.0. The number of aryl methyl sites for hydroxylation is 3. The van der Waals surface area contributed by atoms with Crippen molar-refractivity contribution in [1.29, 1.82) is 0 Å². The Balaban J connectivity index is 2.15. The van der Waals surface area contributed by atoms with Crippen LogP contribution in [0.5, 0.6) is 0 Å². The highest BCUT2D eigenvalue weighted by molar-refractivity contribution is 7.99. The Hall–Kier alpha value is -2.07. The molecule has 0 bridgehead atoms. The second-order valence-electron chi connectivity index (χ2n) is 5.13. The summed E-state index contributed by atoms with van der Waals surface area (Å²) in [6.07, 6.45) is 1.77. The van der Waals surface area contributed by atoms with Crippen molar-refractivity contribution in [2.24, 2.45) is 0 Å². The van der Waals surface area contributed by atoms with E-state index in [1.165, 1.54) is 17.3 Å². The lowest BCUT2D eigenvalue weighted by Gasteiger charge is -2.09. The molecule has 2 aromatic heterocycles. The third kappa shape index (κ3) is 2.59. The lowest BCUT2D eigenvalue weighted by atomic mass is 10.2. The van der Waals surface area contributed by atoms with Gasteiger partial charge in [0.1, 0.15) is 5.65 Å². The fourth-order valence-electron chi connectivity index (χ4n) is 2.23. The highest BCUT2D eigenvalue weighted by Crippen LogP contribution is 2.27. The molecule has 0 saturated heterocycles. The molecule has 106 valence electrons. The molecule has 0 aliphatic heterocycles. The lowest BCUT2D eigenvalue weighted by Crippen LogP contribution is -2.18. The van der Waals surface area contributed by atoms with E-state index in [1.807, 2.05) is 50.2 Å². The number of hydrogen-bond donors (Lipinski definition) is 0. The van der Waals surface area contributed by atoms with Crippen molar-refractivity contribution >= 4 is 17.4 Å². The first-order valence-electron chi connectivity index (χ1n) is 6.79. The fraction of sp³-hybridized carbons (Fsp3) is 0.176. The number of benzene rings is 1. The molecule has 21 heavy (non-hydrogen) atoms. The van der Waals surface area contributed by atoms with Crippen LogP contribution in [0.1, 0.15) is 16.8 Å². The Kier molecular flexibility index (Phi) is 3.55. The number of aromatic nitrogens is 2. The number of fused-ring (bicyclic) bond motifs is 1. The second-order valence-corrected chi connectivity index (χ2v) is 6.22. The highest BCUT2D eigenvalue weighted by Gasteiger charge is 2.12. The zero-order chi connectivity index (χ0) is 15.0.